The van der Waals surface area contributed by atoms with E-state index in [1.807, 2.05) is 39.0 Å². The van der Waals surface area contributed by atoms with E-state index in [4.69, 9.17) is 33.0 Å². The monoisotopic (exact) mass is 404 g/mol. The van der Waals surface area contributed by atoms with Crippen molar-refractivity contribution in [1.29, 1.82) is 0 Å². The van der Waals surface area contributed by atoms with E-state index in [1.165, 1.54) is 0 Å². The first-order valence-corrected chi connectivity index (χ1v) is 9.45. The summed E-state index contributed by atoms with van der Waals surface area (Å²) in [7, 11) is 0. The van der Waals surface area contributed by atoms with Gasteiger partial charge in [-0.05, 0) is 48.8 Å². The van der Waals surface area contributed by atoms with Crippen molar-refractivity contribution >= 4 is 40.9 Å². The first-order chi connectivity index (χ1) is 12.8. The van der Waals surface area contributed by atoms with Gasteiger partial charge in [0.25, 0.3) is 5.91 Å². The molecule has 7 heteroatoms. The quantitative estimate of drug-likeness (QED) is 0.566. The lowest BCUT2D eigenvalue weighted by molar-refractivity contribution is -0.122. The minimum atomic E-state index is -0.144. The maximum absolute atomic E-state index is 12.5. The summed E-state index contributed by atoms with van der Waals surface area (Å²) in [4.78, 5) is 14.0. The Bertz CT molecular complexity index is 884. The van der Waals surface area contributed by atoms with Crippen molar-refractivity contribution in [1.82, 2.24) is 10.2 Å². The topological polar surface area (TPSA) is 54.7 Å². The number of hydrogen-bond donors (Lipinski definition) is 1. The maximum atomic E-state index is 12.5. The van der Waals surface area contributed by atoms with Crippen molar-refractivity contribution < 1.29 is 13.9 Å². The minimum absolute atomic E-state index is 0.144. The molecule has 0 aliphatic carbocycles. The molecule has 2 heterocycles. The number of aryl methyl sites for hydroxylation is 1. The number of benzene rings is 1. The van der Waals surface area contributed by atoms with Gasteiger partial charge >= 0.3 is 0 Å². The highest BCUT2D eigenvalue weighted by molar-refractivity contribution is 7.80. The normalized spacial score (nSPS) is 15.7. The van der Waals surface area contributed by atoms with Crippen LogP contribution in [0, 0.1) is 12.8 Å². The number of nitrogens with one attached hydrogen (secondary N) is 1. The van der Waals surface area contributed by atoms with Crippen molar-refractivity contribution in [3.05, 3.63) is 58.1 Å². The van der Waals surface area contributed by atoms with Gasteiger partial charge in [-0.15, -0.1) is 0 Å². The number of amides is 1. The summed E-state index contributed by atoms with van der Waals surface area (Å²) in [6.07, 6.45) is 1.65. The summed E-state index contributed by atoms with van der Waals surface area (Å²) in [5.41, 5.74) is 1.36. The number of halogens is 1. The van der Waals surface area contributed by atoms with Crippen LogP contribution in [0.15, 0.2) is 40.4 Å². The SMILES string of the molecule is Cc1cccc(Cl)c1OCc1ccc(/C=C2/NC(=S)N(CC(C)C)C2=O)o1. The van der Waals surface area contributed by atoms with Gasteiger partial charge in [0.15, 0.2) is 5.11 Å². The Hall–Kier alpha value is -2.31. The molecule has 5 nitrogen and oxygen atoms in total. The second-order valence-corrected chi connectivity index (χ2v) is 7.57. The lowest BCUT2D eigenvalue weighted by atomic mass is 10.2. The highest BCUT2D eigenvalue weighted by atomic mass is 35.5. The van der Waals surface area contributed by atoms with E-state index >= 15 is 0 Å². The summed E-state index contributed by atoms with van der Waals surface area (Å²) in [6, 6.07) is 9.18. The molecular formula is C20H21ClN2O3S. The predicted molar refractivity (Wildman–Crippen MR) is 109 cm³/mol. The van der Waals surface area contributed by atoms with Crippen LogP contribution in [0.3, 0.4) is 0 Å². The fourth-order valence-corrected chi connectivity index (χ4v) is 3.28. The Morgan fingerprint density at radius 1 is 1.33 bits per heavy atom. The molecule has 1 amide bonds. The molecule has 1 aliphatic rings. The van der Waals surface area contributed by atoms with Gasteiger partial charge in [-0.2, -0.15) is 0 Å². The van der Waals surface area contributed by atoms with Gasteiger partial charge in [-0.3, -0.25) is 9.69 Å². The highest BCUT2D eigenvalue weighted by Crippen LogP contribution is 2.29. The van der Waals surface area contributed by atoms with Crippen LogP contribution in [-0.4, -0.2) is 22.5 Å². The number of ether oxygens (including phenoxy) is 1. The average Bonchev–Trinajstić information content (AvgIpc) is 3.14. The van der Waals surface area contributed by atoms with Gasteiger partial charge in [0.1, 0.15) is 29.6 Å². The van der Waals surface area contributed by atoms with E-state index in [9.17, 15) is 4.79 Å². The molecule has 142 valence electrons. The van der Waals surface area contributed by atoms with Gasteiger partial charge in [0, 0.05) is 12.6 Å². The summed E-state index contributed by atoms with van der Waals surface area (Å²) < 4.78 is 11.5. The molecule has 0 saturated carbocycles. The van der Waals surface area contributed by atoms with Crippen molar-refractivity contribution in [3.8, 4) is 5.75 Å². The molecule has 27 heavy (non-hydrogen) atoms. The van der Waals surface area contributed by atoms with Crippen LogP contribution < -0.4 is 10.1 Å². The van der Waals surface area contributed by atoms with Crippen molar-refractivity contribution in [3.63, 3.8) is 0 Å². The van der Waals surface area contributed by atoms with Gasteiger partial charge in [-0.1, -0.05) is 37.6 Å². The number of rotatable bonds is 6. The molecule has 0 radical (unpaired) electrons. The minimum Gasteiger partial charge on any atom is -0.484 e. The summed E-state index contributed by atoms with van der Waals surface area (Å²) in [5, 5.41) is 3.93. The Morgan fingerprint density at radius 3 is 2.81 bits per heavy atom. The number of para-hydroxylation sites is 1. The zero-order chi connectivity index (χ0) is 19.6. The summed E-state index contributed by atoms with van der Waals surface area (Å²) >= 11 is 11.4. The number of furan rings is 1. The molecule has 0 spiro atoms. The highest BCUT2D eigenvalue weighted by Gasteiger charge is 2.31. The second kappa shape index (κ2) is 8.15. The number of thiocarbonyl (C=S) groups is 1. The summed E-state index contributed by atoms with van der Waals surface area (Å²) in [6.45, 7) is 6.83. The molecule has 2 aromatic rings. The second-order valence-electron chi connectivity index (χ2n) is 6.78. The van der Waals surface area contributed by atoms with Gasteiger partial charge in [0.2, 0.25) is 0 Å². The van der Waals surface area contributed by atoms with Crippen LogP contribution in [0.5, 0.6) is 5.75 Å². The third-order valence-electron chi connectivity index (χ3n) is 4.00. The molecule has 1 aliphatic heterocycles. The van der Waals surface area contributed by atoms with Crippen LogP contribution in [0.4, 0.5) is 0 Å². The molecule has 1 fully saturated rings. The lowest BCUT2D eigenvalue weighted by Crippen LogP contribution is -2.33. The molecule has 0 unspecified atom stereocenters. The van der Waals surface area contributed by atoms with Gasteiger partial charge in [0.05, 0.1) is 5.02 Å². The van der Waals surface area contributed by atoms with Crippen molar-refractivity contribution in [2.24, 2.45) is 5.92 Å². The third kappa shape index (κ3) is 4.51. The van der Waals surface area contributed by atoms with E-state index < -0.39 is 0 Å². The Balaban J connectivity index is 1.68. The number of nitrogens with zero attached hydrogens (tertiary/aromatic N) is 1. The third-order valence-corrected chi connectivity index (χ3v) is 4.62. The first kappa shape index (κ1) is 19.5. The van der Waals surface area contributed by atoms with E-state index in [0.717, 1.165) is 5.56 Å². The largest absolute Gasteiger partial charge is 0.484 e. The molecule has 0 bridgehead atoms. The summed E-state index contributed by atoms with van der Waals surface area (Å²) in [5.74, 6) is 2.00. The van der Waals surface area contributed by atoms with Gasteiger partial charge in [-0.25, -0.2) is 0 Å². The van der Waals surface area contributed by atoms with Crippen LogP contribution >= 0.6 is 23.8 Å². The molecule has 1 N–H and O–H groups in total. The Kier molecular flexibility index (Phi) is 5.87. The molecule has 1 aromatic carbocycles. The lowest BCUT2D eigenvalue weighted by Gasteiger charge is -2.15. The van der Waals surface area contributed by atoms with Gasteiger partial charge < -0.3 is 14.5 Å². The van der Waals surface area contributed by atoms with Crippen LogP contribution in [0.25, 0.3) is 6.08 Å². The van der Waals surface area contributed by atoms with Crippen molar-refractivity contribution in [2.45, 2.75) is 27.4 Å². The van der Waals surface area contributed by atoms with E-state index in [0.29, 0.717) is 45.6 Å². The standard InChI is InChI=1S/C20H21ClN2O3S/c1-12(2)10-23-19(24)17(22-20(23)27)9-14-7-8-15(26-14)11-25-18-13(3)5-4-6-16(18)21/h4-9,12H,10-11H2,1-3H3,(H,22,27)/b17-9+. The predicted octanol–water partition coefficient (Wildman–Crippen LogP) is 4.53. The number of carbonyl (C=O) groups is 1. The zero-order valence-electron chi connectivity index (χ0n) is 15.4. The molecule has 3 rings (SSSR count). The fourth-order valence-electron chi connectivity index (χ4n) is 2.74. The van der Waals surface area contributed by atoms with Crippen LogP contribution in [0.1, 0.15) is 30.9 Å². The van der Waals surface area contributed by atoms with Crippen LogP contribution in [0.2, 0.25) is 5.02 Å². The molecule has 1 saturated heterocycles. The van der Waals surface area contributed by atoms with Crippen molar-refractivity contribution in [2.75, 3.05) is 6.54 Å². The van der Waals surface area contributed by atoms with Crippen LogP contribution in [-0.2, 0) is 11.4 Å². The Labute approximate surface area is 168 Å². The number of hydrogen-bond acceptors (Lipinski definition) is 4. The fraction of sp³-hybridized carbons (Fsp3) is 0.300. The maximum Gasteiger partial charge on any atom is 0.276 e. The van der Waals surface area contributed by atoms with E-state index in [-0.39, 0.29) is 12.5 Å². The first-order valence-electron chi connectivity index (χ1n) is 8.66. The smallest absolute Gasteiger partial charge is 0.276 e. The molecular weight excluding hydrogens is 384 g/mol. The number of carbonyl (C=O) groups excluding carboxylic acids is 1. The Morgan fingerprint density at radius 2 is 2.11 bits per heavy atom. The van der Waals surface area contributed by atoms with E-state index in [1.54, 1.807) is 23.1 Å². The molecule has 1 aromatic heterocycles. The molecule has 0 atom stereocenters. The van der Waals surface area contributed by atoms with E-state index in [2.05, 4.69) is 5.32 Å². The average molecular weight is 405 g/mol. The zero-order valence-corrected chi connectivity index (χ0v) is 17.0.